The van der Waals surface area contributed by atoms with Crippen LogP contribution in [-0.2, 0) is 25.7 Å². The number of halogens is 3. The number of methoxy groups -OCH3 is 1. The molecule has 1 saturated heterocycles. The van der Waals surface area contributed by atoms with Crippen molar-refractivity contribution in [1.29, 1.82) is 0 Å². The molecular weight excluding hydrogens is 525 g/mol. The van der Waals surface area contributed by atoms with Crippen LogP contribution in [0.5, 0.6) is 5.75 Å². The second kappa shape index (κ2) is 11.7. The molecule has 1 amide bonds. The van der Waals surface area contributed by atoms with Crippen molar-refractivity contribution in [3.8, 4) is 5.75 Å². The fraction of sp³-hybridized carbons (Fsp3) is 0.462. The summed E-state index contributed by atoms with van der Waals surface area (Å²) in [5.74, 6) is -0.347. The summed E-state index contributed by atoms with van der Waals surface area (Å²) < 4.78 is 75.5. The summed E-state index contributed by atoms with van der Waals surface area (Å²) in [6, 6.07) is 9.94. The van der Waals surface area contributed by atoms with Crippen molar-refractivity contribution in [2.45, 2.75) is 37.8 Å². The highest BCUT2D eigenvalue weighted by molar-refractivity contribution is 7.89. The van der Waals surface area contributed by atoms with Crippen molar-refractivity contribution in [2.75, 3.05) is 39.9 Å². The van der Waals surface area contributed by atoms with Crippen LogP contribution in [-0.4, -0.2) is 69.4 Å². The van der Waals surface area contributed by atoms with Gasteiger partial charge >= 0.3 is 12.1 Å². The van der Waals surface area contributed by atoms with Crippen LogP contribution in [0.1, 0.15) is 42.6 Å². The monoisotopic (exact) mass is 556 g/mol. The summed E-state index contributed by atoms with van der Waals surface area (Å²) in [5.41, 5.74) is -1.23. The van der Waals surface area contributed by atoms with Crippen LogP contribution in [0.25, 0.3) is 0 Å². The SMILES string of the molecule is COC(=O)c1ccc(S(=O)(=O)N2CCN(C(=O)C(C)(C)CCCOc3ccc(C(F)(F)F)cc3)CC2)cc1. The lowest BCUT2D eigenvalue weighted by atomic mass is 9.86. The fourth-order valence-corrected chi connectivity index (χ4v) is 5.56. The minimum atomic E-state index is -4.41. The molecule has 0 aromatic heterocycles. The molecular formula is C26H31F3N2O6S. The van der Waals surface area contributed by atoms with Crippen molar-refractivity contribution < 1.29 is 40.7 Å². The lowest BCUT2D eigenvalue weighted by Gasteiger charge is -2.38. The first-order valence-electron chi connectivity index (χ1n) is 12.0. The van der Waals surface area contributed by atoms with Crippen LogP contribution in [0.15, 0.2) is 53.4 Å². The van der Waals surface area contributed by atoms with Crippen LogP contribution < -0.4 is 4.74 Å². The van der Waals surface area contributed by atoms with Crippen molar-refractivity contribution in [1.82, 2.24) is 9.21 Å². The Balaban J connectivity index is 1.48. The average molecular weight is 557 g/mol. The zero-order valence-corrected chi connectivity index (χ0v) is 22.3. The van der Waals surface area contributed by atoms with Crippen LogP contribution in [0.3, 0.4) is 0 Å². The quantitative estimate of drug-likeness (QED) is 0.339. The van der Waals surface area contributed by atoms with E-state index in [-0.39, 0.29) is 49.2 Å². The van der Waals surface area contributed by atoms with Crippen molar-refractivity contribution in [3.63, 3.8) is 0 Å². The van der Waals surface area contributed by atoms with Gasteiger partial charge in [0.1, 0.15) is 5.75 Å². The van der Waals surface area contributed by atoms with Gasteiger partial charge in [0.2, 0.25) is 15.9 Å². The predicted molar refractivity (Wildman–Crippen MR) is 133 cm³/mol. The van der Waals surface area contributed by atoms with E-state index in [0.717, 1.165) is 12.1 Å². The molecule has 208 valence electrons. The van der Waals surface area contributed by atoms with Crippen LogP contribution in [0, 0.1) is 5.41 Å². The maximum atomic E-state index is 13.1. The molecule has 0 spiro atoms. The van der Waals surface area contributed by atoms with Gasteiger partial charge in [0.15, 0.2) is 0 Å². The van der Waals surface area contributed by atoms with E-state index in [0.29, 0.717) is 18.6 Å². The number of carbonyl (C=O) groups is 2. The summed E-state index contributed by atoms with van der Waals surface area (Å²) in [4.78, 5) is 26.4. The molecule has 1 heterocycles. The number of rotatable bonds is 9. The van der Waals surface area contributed by atoms with E-state index in [1.165, 1.54) is 47.8 Å². The molecule has 2 aromatic rings. The van der Waals surface area contributed by atoms with Gasteiger partial charge in [0, 0.05) is 31.6 Å². The molecule has 12 heteroatoms. The topological polar surface area (TPSA) is 93.2 Å². The van der Waals surface area contributed by atoms with Gasteiger partial charge in [0.25, 0.3) is 0 Å². The third kappa shape index (κ3) is 7.04. The highest BCUT2D eigenvalue weighted by atomic mass is 32.2. The van der Waals surface area contributed by atoms with Gasteiger partial charge in [-0.05, 0) is 61.4 Å². The molecule has 1 aliphatic heterocycles. The Morgan fingerprint density at radius 1 is 0.921 bits per heavy atom. The minimum absolute atomic E-state index is 0.0540. The zero-order chi connectivity index (χ0) is 28.1. The first-order chi connectivity index (χ1) is 17.8. The second-order valence-corrected chi connectivity index (χ2v) is 11.5. The van der Waals surface area contributed by atoms with Crippen molar-refractivity contribution >= 4 is 21.9 Å². The molecule has 0 bridgehead atoms. The molecule has 1 aliphatic rings. The van der Waals surface area contributed by atoms with Crippen LogP contribution >= 0.6 is 0 Å². The number of ether oxygens (including phenoxy) is 2. The van der Waals surface area contributed by atoms with E-state index in [4.69, 9.17) is 4.74 Å². The number of carbonyl (C=O) groups excluding carboxylic acids is 2. The summed E-state index contributed by atoms with van der Waals surface area (Å²) >= 11 is 0. The summed E-state index contributed by atoms with van der Waals surface area (Å²) in [6.45, 7) is 4.61. The standard InChI is InChI=1S/C26H31F3N2O6S/c1-25(2,13-4-18-37-21-9-7-20(8-10-21)26(27,28)29)24(33)30-14-16-31(17-15-30)38(34,35)22-11-5-19(6-12-22)23(32)36-3/h5-12H,4,13-18H2,1-3H3. The summed E-state index contributed by atoms with van der Waals surface area (Å²) in [6.07, 6.45) is -3.41. The molecule has 3 rings (SSSR count). The molecule has 0 unspecified atom stereocenters. The Morgan fingerprint density at radius 3 is 2.03 bits per heavy atom. The smallest absolute Gasteiger partial charge is 0.416 e. The number of hydrogen-bond acceptors (Lipinski definition) is 6. The number of benzene rings is 2. The van der Waals surface area contributed by atoms with Gasteiger partial charge in [-0.3, -0.25) is 4.79 Å². The van der Waals surface area contributed by atoms with Gasteiger partial charge in [0.05, 0.1) is 29.7 Å². The number of piperazine rings is 1. The number of nitrogens with zero attached hydrogens (tertiary/aromatic N) is 2. The number of esters is 1. The van der Waals surface area contributed by atoms with Crippen molar-refractivity contribution in [2.24, 2.45) is 5.41 Å². The number of alkyl halides is 3. The summed E-state index contributed by atoms with van der Waals surface area (Å²) in [7, 11) is -2.54. The van der Waals surface area contributed by atoms with Gasteiger partial charge in [-0.25, -0.2) is 13.2 Å². The second-order valence-electron chi connectivity index (χ2n) is 9.57. The first kappa shape index (κ1) is 29.4. The van der Waals surface area contributed by atoms with E-state index >= 15 is 0 Å². The predicted octanol–water partition coefficient (Wildman–Crippen LogP) is 4.21. The van der Waals surface area contributed by atoms with Crippen molar-refractivity contribution in [3.05, 3.63) is 59.7 Å². The van der Waals surface area contributed by atoms with E-state index in [2.05, 4.69) is 4.74 Å². The molecule has 2 aromatic carbocycles. The lowest BCUT2D eigenvalue weighted by Crippen LogP contribution is -2.53. The van der Waals surface area contributed by atoms with Gasteiger partial charge < -0.3 is 14.4 Å². The minimum Gasteiger partial charge on any atom is -0.494 e. The van der Waals surface area contributed by atoms with Gasteiger partial charge in [-0.2, -0.15) is 17.5 Å². The van der Waals surface area contributed by atoms with E-state index in [9.17, 15) is 31.2 Å². The van der Waals surface area contributed by atoms with Crippen LogP contribution in [0.4, 0.5) is 13.2 Å². The molecule has 0 N–H and O–H groups in total. The molecule has 0 aliphatic carbocycles. The van der Waals surface area contributed by atoms with E-state index in [1.807, 2.05) is 0 Å². The molecule has 0 radical (unpaired) electrons. The number of amides is 1. The number of sulfonamides is 1. The van der Waals surface area contributed by atoms with Crippen LogP contribution in [0.2, 0.25) is 0 Å². The molecule has 8 nitrogen and oxygen atoms in total. The molecule has 0 atom stereocenters. The zero-order valence-electron chi connectivity index (χ0n) is 21.5. The maximum Gasteiger partial charge on any atom is 0.416 e. The highest BCUT2D eigenvalue weighted by Gasteiger charge is 2.36. The fourth-order valence-electron chi connectivity index (χ4n) is 4.14. The lowest BCUT2D eigenvalue weighted by molar-refractivity contribution is -0.142. The Labute approximate surface area is 220 Å². The number of hydrogen-bond donors (Lipinski definition) is 0. The molecule has 1 fully saturated rings. The third-order valence-corrected chi connectivity index (χ3v) is 8.33. The molecule has 0 saturated carbocycles. The Bertz CT molecular complexity index is 1220. The van der Waals surface area contributed by atoms with Gasteiger partial charge in [-0.15, -0.1) is 0 Å². The Kier molecular flexibility index (Phi) is 9.09. The maximum absolute atomic E-state index is 13.1. The normalized spacial score (nSPS) is 15.3. The summed E-state index contributed by atoms with van der Waals surface area (Å²) in [5, 5.41) is 0. The third-order valence-electron chi connectivity index (χ3n) is 6.41. The Hall–Kier alpha value is -3.12. The first-order valence-corrected chi connectivity index (χ1v) is 13.5. The average Bonchev–Trinajstić information content (AvgIpc) is 2.90. The van der Waals surface area contributed by atoms with E-state index in [1.54, 1.807) is 18.7 Å². The van der Waals surface area contributed by atoms with Gasteiger partial charge in [-0.1, -0.05) is 13.8 Å². The van der Waals surface area contributed by atoms with E-state index < -0.39 is 33.1 Å². The Morgan fingerprint density at radius 2 is 1.50 bits per heavy atom. The molecule has 38 heavy (non-hydrogen) atoms. The largest absolute Gasteiger partial charge is 0.494 e. The highest BCUT2D eigenvalue weighted by Crippen LogP contribution is 2.31.